The number of piperidine rings is 1. The van der Waals surface area contributed by atoms with Crippen molar-refractivity contribution in [3.63, 3.8) is 0 Å². The van der Waals surface area contributed by atoms with Gasteiger partial charge in [-0.25, -0.2) is 4.98 Å². The number of nitrogens with one attached hydrogen (secondary N) is 2. The Balaban J connectivity index is 1.32. The van der Waals surface area contributed by atoms with E-state index in [9.17, 15) is 4.57 Å². The van der Waals surface area contributed by atoms with Crippen molar-refractivity contribution in [1.82, 2.24) is 19.8 Å². The van der Waals surface area contributed by atoms with Crippen LogP contribution in [-0.4, -0.2) is 92.4 Å². The molecule has 11 heteroatoms. The lowest BCUT2D eigenvalue weighted by Crippen LogP contribution is -2.52. The molecule has 0 amide bonds. The Morgan fingerprint density at radius 2 is 1.77 bits per heavy atom. The van der Waals surface area contributed by atoms with Crippen molar-refractivity contribution in [2.24, 2.45) is 0 Å². The normalized spacial score (nSPS) is 25.6. The van der Waals surface area contributed by atoms with Gasteiger partial charge in [0, 0.05) is 73.1 Å². The average molecular weight is 592 g/mol. The summed E-state index contributed by atoms with van der Waals surface area (Å²) in [6.45, 7) is -6.98. The SMILES string of the molecule is [2H]C1([2H])N(C)C([2H])([2H])C([2H])([2H])N(C2CCN(c3ccc(Nc4ncc(Cl)c(Nc5ccccc5P(C)(C)=O)n4)c(OC)c3)CC2)C1([2H])[2H]. The molecule has 2 aromatic carbocycles. The smallest absolute Gasteiger partial charge is 0.229 e. The minimum atomic E-state index is -2.79. The molecule has 9 nitrogen and oxygen atoms in total. The second-order valence-corrected chi connectivity index (χ2v) is 13.6. The third-order valence-corrected chi connectivity index (χ3v) is 8.61. The minimum absolute atomic E-state index is 0.234. The van der Waals surface area contributed by atoms with Crippen LogP contribution in [0.3, 0.4) is 0 Å². The maximum absolute atomic E-state index is 12.8. The van der Waals surface area contributed by atoms with Gasteiger partial charge in [0.15, 0.2) is 5.82 Å². The molecule has 0 atom stereocenters. The summed E-state index contributed by atoms with van der Waals surface area (Å²) in [5, 5.41) is 7.27. The summed E-state index contributed by atoms with van der Waals surface area (Å²) < 4.78 is 86.2. The second kappa shape index (κ2) is 12.4. The number of benzene rings is 2. The number of aromatic nitrogens is 2. The molecule has 2 aliphatic rings. The zero-order valence-electron chi connectivity index (χ0n) is 30.9. The number of hydrogen-bond donors (Lipinski definition) is 2. The van der Waals surface area contributed by atoms with E-state index in [2.05, 4.69) is 20.6 Å². The summed E-state index contributed by atoms with van der Waals surface area (Å²) in [6.07, 6.45) is 2.01. The van der Waals surface area contributed by atoms with Crippen molar-refractivity contribution in [3.8, 4) is 5.75 Å². The summed E-state index contributed by atoms with van der Waals surface area (Å²) in [7, 11) is -0.00177. The molecule has 5 rings (SSSR count). The Hall–Kier alpha value is -2.84. The van der Waals surface area contributed by atoms with E-state index in [1.165, 1.54) is 13.3 Å². The lowest BCUT2D eigenvalue weighted by molar-refractivity contribution is 0.0982. The molecule has 2 aliphatic heterocycles. The van der Waals surface area contributed by atoms with E-state index in [-0.39, 0.29) is 23.8 Å². The van der Waals surface area contributed by atoms with Crippen LogP contribution in [0.25, 0.3) is 0 Å². The van der Waals surface area contributed by atoms with E-state index in [0.717, 1.165) is 17.6 Å². The summed E-state index contributed by atoms with van der Waals surface area (Å²) in [4.78, 5) is 12.1. The number of methoxy groups -OCH3 is 1. The first-order valence-corrected chi connectivity index (χ1v) is 15.9. The van der Waals surface area contributed by atoms with E-state index < -0.39 is 39.2 Å². The van der Waals surface area contributed by atoms with E-state index in [0.29, 0.717) is 46.2 Å². The van der Waals surface area contributed by atoms with E-state index >= 15 is 0 Å². The van der Waals surface area contributed by atoms with Gasteiger partial charge < -0.3 is 29.7 Å². The predicted octanol–water partition coefficient (Wildman–Crippen LogP) is 5.09. The first kappa shape index (κ1) is 20.1. The molecule has 0 unspecified atom stereocenters. The zero-order chi connectivity index (χ0) is 35.4. The molecule has 0 spiro atoms. The van der Waals surface area contributed by atoms with Gasteiger partial charge in [-0.3, -0.25) is 4.90 Å². The van der Waals surface area contributed by atoms with Crippen molar-refractivity contribution in [2.45, 2.75) is 18.9 Å². The van der Waals surface area contributed by atoms with Gasteiger partial charge in [-0.15, -0.1) is 0 Å². The van der Waals surface area contributed by atoms with Crippen LogP contribution in [0.4, 0.5) is 28.8 Å². The van der Waals surface area contributed by atoms with Crippen LogP contribution in [0.5, 0.6) is 5.75 Å². The summed E-state index contributed by atoms with van der Waals surface area (Å²) in [5.41, 5.74) is 1.99. The van der Waals surface area contributed by atoms with Crippen LogP contribution < -0.4 is 25.6 Å². The first-order chi connectivity index (χ1) is 22.2. The van der Waals surface area contributed by atoms with Gasteiger partial charge >= 0.3 is 0 Å². The number of halogens is 1. The highest BCUT2D eigenvalue weighted by Gasteiger charge is 2.27. The van der Waals surface area contributed by atoms with Crippen molar-refractivity contribution in [3.05, 3.63) is 53.7 Å². The predicted molar refractivity (Wildman–Crippen MR) is 166 cm³/mol. The average Bonchev–Trinajstić information content (AvgIpc) is 3.01. The Kier molecular flexibility index (Phi) is 6.21. The molecule has 2 fully saturated rings. The third-order valence-electron chi connectivity index (χ3n) is 6.78. The fourth-order valence-corrected chi connectivity index (χ4v) is 5.96. The molecule has 40 heavy (non-hydrogen) atoms. The Morgan fingerprint density at radius 1 is 1.05 bits per heavy atom. The van der Waals surface area contributed by atoms with Crippen LogP contribution in [0.15, 0.2) is 48.7 Å². The lowest BCUT2D eigenvalue weighted by atomic mass is 10.0. The molecule has 2 saturated heterocycles. The number of likely N-dealkylation sites (N-methyl/N-ethyl adjacent to an activating group) is 1. The van der Waals surface area contributed by atoms with Gasteiger partial charge in [0.2, 0.25) is 5.95 Å². The fourth-order valence-electron chi connectivity index (χ4n) is 4.67. The van der Waals surface area contributed by atoms with Gasteiger partial charge in [0.1, 0.15) is 17.9 Å². The van der Waals surface area contributed by atoms with Gasteiger partial charge in [-0.05, 0) is 57.5 Å². The highest BCUT2D eigenvalue weighted by molar-refractivity contribution is 7.70. The molecule has 3 heterocycles. The van der Waals surface area contributed by atoms with Crippen LogP contribution in [0.2, 0.25) is 5.02 Å². The fraction of sp³-hybridized carbons (Fsp3) is 0.448. The van der Waals surface area contributed by atoms with Gasteiger partial charge in [-0.2, -0.15) is 4.98 Å². The topological polar surface area (TPSA) is 85.9 Å². The van der Waals surface area contributed by atoms with E-state index in [1.54, 1.807) is 31.5 Å². The van der Waals surface area contributed by atoms with Crippen LogP contribution in [0, 0.1) is 0 Å². The standard InChI is InChI=1S/C29H39ClN7O2P/c1-35-15-17-37(18-16-35)21-11-13-36(14-12-21)22-9-10-24(26(19-22)39-2)33-29-31-20-23(30)28(34-29)32-25-7-5-6-8-27(25)40(3,4)38/h5-10,19-21H,11-18H2,1-4H3,(H2,31,32,33,34)/i15D2,16D2,17D2,18D2. The van der Waals surface area contributed by atoms with Gasteiger partial charge in [0.05, 0.1) is 24.7 Å². The number of piperazine rings is 1. The highest BCUT2D eigenvalue weighted by Crippen LogP contribution is 2.39. The number of rotatable bonds is 8. The van der Waals surface area contributed by atoms with Gasteiger partial charge in [-0.1, -0.05) is 23.7 Å². The Bertz CT molecular complexity index is 1690. The van der Waals surface area contributed by atoms with Gasteiger partial charge in [0.25, 0.3) is 0 Å². The summed E-state index contributed by atoms with van der Waals surface area (Å²) in [6, 6.07) is 12.0. The number of hydrogen-bond acceptors (Lipinski definition) is 9. The van der Waals surface area contributed by atoms with E-state index in [1.807, 2.05) is 29.2 Å². The monoisotopic (exact) mass is 591 g/mol. The third kappa shape index (κ3) is 6.72. The molecule has 214 valence electrons. The molecular formula is C29H39ClN7O2P. The zero-order valence-corrected chi connectivity index (χ0v) is 24.6. The Morgan fingerprint density at radius 3 is 2.48 bits per heavy atom. The number of nitrogens with zero attached hydrogens (tertiary/aromatic N) is 5. The number of anilines is 5. The van der Waals surface area contributed by atoms with Crippen molar-refractivity contribution < 1.29 is 20.3 Å². The molecule has 0 aliphatic carbocycles. The molecule has 3 aromatic rings. The van der Waals surface area contributed by atoms with Crippen molar-refractivity contribution in [2.75, 3.05) is 82.1 Å². The maximum Gasteiger partial charge on any atom is 0.229 e. The van der Waals surface area contributed by atoms with Crippen LogP contribution in [0.1, 0.15) is 23.8 Å². The first-order valence-electron chi connectivity index (χ1n) is 16.9. The summed E-state index contributed by atoms with van der Waals surface area (Å²) >= 11 is 6.41. The molecular weight excluding hydrogens is 545 g/mol. The van der Waals surface area contributed by atoms with Crippen LogP contribution >= 0.6 is 18.7 Å². The quantitative estimate of drug-likeness (QED) is 0.348. The number of ether oxygens (including phenoxy) is 1. The maximum atomic E-state index is 12.8. The van der Waals surface area contributed by atoms with E-state index in [4.69, 9.17) is 27.3 Å². The summed E-state index contributed by atoms with van der Waals surface area (Å²) in [5.74, 6) is 1.04. The molecule has 0 saturated carbocycles. The largest absolute Gasteiger partial charge is 0.494 e. The molecule has 2 N–H and O–H groups in total. The van der Waals surface area contributed by atoms with Crippen molar-refractivity contribution in [1.29, 1.82) is 0 Å². The minimum Gasteiger partial charge on any atom is -0.494 e. The molecule has 0 bridgehead atoms. The van der Waals surface area contributed by atoms with Crippen LogP contribution in [-0.2, 0) is 4.57 Å². The second-order valence-electron chi connectivity index (χ2n) is 9.99. The Labute approximate surface area is 253 Å². The highest BCUT2D eigenvalue weighted by atomic mass is 35.5. The lowest BCUT2D eigenvalue weighted by Gasteiger charge is -2.42. The number of para-hydroxylation sites is 1. The molecule has 1 aromatic heterocycles. The molecule has 0 radical (unpaired) electrons. The van der Waals surface area contributed by atoms with Crippen molar-refractivity contribution >= 4 is 52.9 Å².